The molecule has 1 amide bonds. The van der Waals surface area contributed by atoms with E-state index in [0.29, 0.717) is 15.7 Å². The second-order valence-electron chi connectivity index (χ2n) is 4.71. The molecule has 108 valence electrons. The van der Waals surface area contributed by atoms with Crippen molar-refractivity contribution in [2.24, 2.45) is 5.92 Å². The van der Waals surface area contributed by atoms with Crippen molar-refractivity contribution < 1.29 is 14.7 Å². The van der Waals surface area contributed by atoms with Crippen LogP contribution >= 0.6 is 23.2 Å². The third-order valence-electron chi connectivity index (χ3n) is 3.05. The number of halogens is 2. The molecule has 3 N–H and O–H groups in total. The molecule has 1 aliphatic carbocycles. The van der Waals surface area contributed by atoms with E-state index in [2.05, 4.69) is 10.6 Å². The first-order valence-electron chi connectivity index (χ1n) is 6.18. The number of carbonyl (C=O) groups is 2. The summed E-state index contributed by atoms with van der Waals surface area (Å²) in [4.78, 5) is 22.7. The fraction of sp³-hybridized carbons (Fsp3) is 0.385. The number of amides is 1. The highest BCUT2D eigenvalue weighted by Crippen LogP contribution is 2.32. The molecule has 0 radical (unpaired) electrons. The van der Waals surface area contributed by atoms with E-state index in [1.807, 2.05) is 0 Å². The van der Waals surface area contributed by atoms with Gasteiger partial charge in [0.1, 0.15) is 6.04 Å². The molecule has 0 bridgehead atoms. The Morgan fingerprint density at radius 2 is 2.00 bits per heavy atom. The van der Waals surface area contributed by atoms with Crippen LogP contribution in [0.3, 0.4) is 0 Å². The van der Waals surface area contributed by atoms with Crippen molar-refractivity contribution in [3.8, 4) is 0 Å². The number of nitrogens with one attached hydrogen (secondary N) is 2. The summed E-state index contributed by atoms with van der Waals surface area (Å²) in [6, 6.07) is 4.09. The fourth-order valence-corrected chi connectivity index (χ4v) is 2.16. The van der Waals surface area contributed by atoms with E-state index < -0.39 is 12.0 Å². The first-order chi connectivity index (χ1) is 9.47. The smallest absolute Gasteiger partial charge is 0.320 e. The molecule has 1 fully saturated rings. The lowest BCUT2D eigenvalue weighted by Crippen LogP contribution is -2.42. The van der Waals surface area contributed by atoms with E-state index in [1.54, 1.807) is 12.1 Å². The minimum atomic E-state index is -0.921. The van der Waals surface area contributed by atoms with Gasteiger partial charge in [-0.3, -0.25) is 14.9 Å². The number of benzene rings is 1. The largest absolute Gasteiger partial charge is 0.480 e. The monoisotopic (exact) mass is 316 g/mol. The zero-order valence-electron chi connectivity index (χ0n) is 10.5. The zero-order chi connectivity index (χ0) is 14.7. The molecule has 0 aromatic heterocycles. The van der Waals surface area contributed by atoms with E-state index in [4.69, 9.17) is 28.3 Å². The van der Waals surface area contributed by atoms with Gasteiger partial charge in [-0.1, -0.05) is 23.2 Å². The van der Waals surface area contributed by atoms with Gasteiger partial charge in [0, 0.05) is 5.69 Å². The van der Waals surface area contributed by atoms with E-state index in [1.165, 1.54) is 6.07 Å². The van der Waals surface area contributed by atoms with Gasteiger partial charge in [0.25, 0.3) is 0 Å². The summed E-state index contributed by atoms with van der Waals surface area (Å²) >= 11 is 11.6. The van der Waals surface area contributed by atoms with Crippen molar-refractivity contribution in [1.29, 1.82) is 0 Å². The normalized spacial score (nSPS) is 15.7. The molecule has 0 saturated heterocycles. The second kappa shape index (κ2) is 6.43. The van der Waals surface area contributed by atoms with Crippen LogP contribution < -0.4 is 10.6 Å². The maximum atomic E-state index is 11.7. The predicted molar refractivity (Wildman–Crippen MR) is 77.2 cm³/mol. The molecule has 0 aliphatic heterocycles. The Morgan fingerprint density at radius 1 is 1.30 bits per heavy atom. The molecule has 7 heteroatoms. The summed E-state index contributed by atoms with van der Waals surface area (Å²) in [7, 11) is 0. The molecule has 5 nitrogen and oxygen atoms in total. The van der Waals surface area contributed by atoms with E-state index in [9.17, 15) is 9.59 Å². The van der Waals surface area contributed by atoms with Gasteiger partial charge in [-0.2, -0.15) is 0 Å². The Balaban J connectivity index is 1.85. The molecular weight excluding hydrogens is 303 g/mol. The Bertz CT molecular complexity index is 532. The van der Waals surface area contributed by atoms with Crippen LogP contribution in [-0.2, 0) is 9.59 Å². The number of hydrogen-bond acceptors (Lipinski definition) is 3. The minimum Gasteiger partial charge on any atom is -0.480 e. The van der Waals surface area contributed by atoms with E-state index in [0.717, 1.165) is 12.8 Å². The van der Waals surface area contributed by atoms with Crippen LogP contribution in [0.4, 0.5) is 5.69 Å². The van der Waals surface area contributed by atoms with Crippen molar-refractivity contribution in [3.63, 3.8) is 0 Å². The second-order valence-corrected chi connectivity index (χ2v) is 5.53. The highest BCUT2D eigenvalue weighted by atomic mass is 35.5. The van der Waals surface area contributed by atoms with Gasteiger partial charge >= 0.3 is 5.97 Å². The molecule has 0 heterocycles. The number of anilines is 1. The number of carbonyl (C=O) groups excluding carboxylic acids is 1. The topological polar surface area (TPSA) is 78.4 Å². The summed E-state index contributed by atoms with van der Waals surface area (Å²) in [6.45, 7) is -0.0618. The molecule has 1 aromatic rings. The Morgan fingerprint density at radius 3 is 2.55 bits per heavy atom. The maximum Gasteiger partial charge on any atom is 0.320 e. The lowest BCUT2D eigenvalue weighted by molar-refractivity contribution is -0.140. The highest BCUT2D eigenvalue weighted by molar-refractivity contribution is 6.42. The van der Waals surface area contributed by atoms with Crippen LogP contribution in [0.1, 0.15) is 12.8 Å². The fourth-order valence-electron chi connectivity index (χ4n) is 1.87. The van der Waals surface area contributed by atoms with Crippen molar-refractivity contribution >= 4 is 40.8 Å². The van der Waals surface area contributed by atoms with Crippen LogP contribution in [0.2, 0.25) is 10.0 Å². The van der Waals surface area contributed by atoms with Crippen LogP contribution in [0.15, 0.2) is 18.2 Å². The molecule has 2 rings (SSSR count). The first kappa shape index (κ1) is 15.1. The third-order valence-corrected chi connectivity index (χ3v) is 3.78. The minimum absolute atomic E-state index is 0.0618. The van der Waals surface area contributed by atoms with Crippen molar-refractivity contribution in [1.82, 2.24) is 5.32 Å². The summed E-state index contributed by atoms with van der Waals surface area (Å²) in [5, 5.41) is 15.2. The van der Waals surface area contributed by atoms with E-state index >= 15 is 0 Å². The number of aliphatic carboxylic acids is 1. The summed E-state index contributed by atoms with van der Waals surface area (Å²) < 4.78 is 0. The third kappa shape index (κ3) is 4.10. The maximum absolute atomic E-state index is 11.7. The lowest BCUT2D eigenvalue weighted by Gasteiger charge is -2.13. The number of carboxylic acid groups (broad SMARTS) is 1. The quantitative estimate of drug-likeness (QED) is 0.753. The first-order valence-corrected chi connectivity index (χ1v) is 6.94. The predicted octanol–water partition coefficient (Wildman–Crippen LogP) is 2.38. The van der Waals surface area contributed by atoms with Crippen molar-refractivity contribution in [3.05, 3.63) is 28.2 Å². The van der Waals surface area contributed by atoms with Gasteiger partial charge in [0.2, 0.25) is 5.91 Å². The number of carboxylic acids is 1. The van der Waals surface area contributed by atoms with Gasteiger partial charge < -0.3 is 10.4 Å². The number of hydrogen-bond donors (Lipinski definition) is 3. The number of rotatable bonds is 6. The van der Waals surface area contributed by atoms with Crippen molar-refractivity contribution in [2.45, 2.75) is 18.9 Å². The van der Waals surface area contributed by atoms with Crippen molar-refractivity contribution in [2.75, 3.05) is 11.9 Å². The molecule has 0 spiro atoms. The standard InChI is InChI=1S/C13H14Cl2N2O3/c14-9-4-3-8(5-10(9)15)17-11(18)6-16-12(13(19)20)7-1-2-7/h3-5,7,12,16H,1-2,6H2,(H,17,18)(H,19,20). The lowest BCUT2D eigenvalue weighted by atomic mass is 10.2. The van der Waals surface area contributed by atoms with Crippen LogP contribution in [-0.4, -0.2) is 29.6 Å². The van der Waals surface area contributed by atoms with Crippen LogP contribution in [0.5, 0.6) is 0 Å². The Kier molecular flexibility index (Phi) is 4.86. The van der Waals surface area contributed by atoms with Gasteiger partial charge in [-0.05, 0) is 37.0 Å². The molecule has 1 aliphatic rings. The van der Waals surface area contributed by atoms with Gasteiger partial charge in [0.05, 0.1) is 16.6 Å². The molecule has 20 heavy (non-hydrogen) atoms. The molecule has 1 atom stereocenters. The molecule has 1 unspecified atom stereocenters. The van der Waals surface area contributed by atoms with Gasteiger partial charge in [-0.15, -0.1) is 0 Å². The van der Waals surface area contributed by atoms with E-state index in [-0.39, 0.29) is 18.4 Å². The molecular formula is C13H14Cl2N2O3. The SMILES string of the molecule is O=C(CNC(C(=O)O)C1CC1)Nc1ccc(Cl)c(Cl)c1. The molecule has 1 saturated carbocycles. The Labute approximate surface area is 126 Å². The highest BCUT2D eigenvalue weighted by Gasteiger charge is 2.36. The van der Waals surface area contributed by atoms with Crippen LogP contribution in [0.25, 0.3) is 0 Å². The summed E-state index contributed by atoms with van der Waals surface area (Å²) in [5.74, 6) is -1.12. The average Bonchev–Trinajstić information content (AvgIpc) is 3.18. The zero-order valence-corrected chi connectivity index (χ0v) is 12.0. The van der Waals surface area contributed by atoms with Gasteiger partial charge in [-0.25, -0.2) is 0 Å². The van der Waals surface area contributed by atoms with Gasteiger partial charge in [0.15, 0.2) is 0 Å². The van der Waals surface area contributed by atoms with Crippen LogP contribution in [0, 0.1) is 5.92 Å². The molecule has 1 aromatic carbocycles. The summed E-state index contributed by atoms with van der Waals surface area (Å²) in [6.07, 6.45) is 1.77. The Hall–Kier alpha value is -1.30. The average molecular weight is 317 g/mol. The summed E-state index contributed by atoms with van der Waals surface area (Å²) in [5.41, 5.74) is 0.518.